The molecule has 0 bridgehead atoms. The molecule has 0 radical (unpaired) electrons. The quantitative estimate of drug-likeness (QED) is 0.789. The minimum absolute atomic E-state index is 0.191. The summed E-state index contributed by atoms with van der Waals surface area (Å²) >= 11 is 5.14. The molecule has 16 heavy (non-hydrogen) atoms. The Hall–Kier alpha value is 0.01000. The lowest BCUT2D eigenvalue weighted by Crippen LogP contribution is -2.21. The Balaban J connectivity index is 2.42. The first-order valence-electron chi connectivity index (χ1n) is 5.73. The van der Waals surface area contributed by atoms with Crippen LogP contribution in [-0.4, -0.2) is 17.0 Å². The molecular weight excluding hydrogens is 284 g/mol. The molecule has 0 aromatic heterocycles. The zero-order valence-corrected chi connectivity index (χ0v) is 12.2. The standard InChI is InChI=1S/C13H19BrOS/c1-3-10(4-2)13(15)9-16-12-7-5-11(14)6-8-12/h5-8,10,13,15H,3-4,9H2,1-2H3. The average molecular weight is 303 g/mol. The molecule has 0 fully saturated rings. The third-order valence-electron chi connectivity index (χ3n) is 2.83. The first-order chi connectivity index (χ1) is 7.67. The number of hydrogen-bond donors (Lipinski definition) is 1. The Morgan fingerprint density at radius 1 is 1.19 bits per heavy atom. The van der Waals surface area contributed by atoms with E-state index in [9.17, 15) is 5.11 Å². The summed E-state index contributed by atoms with van der Waals surface area (Å²) in [4.78, 5) is 1.22. The zero-order valence-electron chi connectivity index (χ0n) is 9.82. The summed E-state index contributed by atoms with van der Waals surface area (Å²) in [7, 11) is 0. The van der Waals surface area contributed by atoms with E-state index in [0.717, 1.165) is 23.1 Å². The molecule has 1 rings (SSSR count). The first-order valence-corrected chi connectivity index (χ1v) is 7.51. The van der Waals surface area contributed by atoms with Crippen molar-refractivity contribution < 1.29 is 5.11 Å². The fourth-order valence-electron chi connectivity index (χ4n) is 1.68. The molecule has 0 saturated carbocycles. The highest BCUT2D eigenvalue weighted by Gasteiger charge is 2.15. The van der Waals surface area contributed by atoms with E-state index < -0.39 is 0 Å². The lowest BCUT2D eigenvalue weighted by atomic mass is 9.98. The van der Waals surface area contributed by atoms with Crippen LogP contribution in [0.4, 0.5) is 0 Å². The topological polar surface area (TPSA) is 20.2 Å². The maximum atomic E-state index is 9.99. The van der Waals surface area contributed by atoms with Crippen LogP contribution in [-0.2, 0) is 0 Å². The second kappa shape index (κ2) is 7.36. The van der Waals surface area contributed by atoms with E-state index in [1.165, 1.54) is 4.90 Å². The number of halogens is 1. The highest BCUT2D eigenvalue weighted by molar-refractivity contribution is 9.10. The second-order valence-corrected chi connectivity index (χ2v) is 5.92. The van der Waals surface area contributed by atoms with E-state index in [1.54, 1.807) is 11.8 Å². The highest BCUT2D eigenvalue weighted by Crippen LogP contribution is 2.24. The number of aliphatic hydroxyl groups excluding tert-OH is 1. The molecule has 0 saturated heterocycles. The van der Waals surface area contributed by atoms with E-state index in [4.69, 9.17) is 0 Å². The van der Waals surface area contributed by atoms with E-state index in [2.05, 4.69) is 41.9 Å². The summed E-state index contributed by atoms with van der Waals surface area (Å²) < 4.78 is 1.09. The molecule has 1 unspecified atom stereocenters. The van der Waals surface area contributed by atoms with Gasteiger partial charge in [-0.15, -0.1) is 11.8 Å². The Morgan fingerprint density at radius 2 is 1.75 bits per heavy atom. The molecule has 1 aromatic carbocycles. The van der Waals surface area contributed by atoms with Crippen LogP contribution >= 0.6 is 27.7 Å². The molecule has 0 spiro atoms. The normalized spacial score (nSPS) is 13.1. The van der Waals surface area contributed by atoms with Gasteiger partial charge in [-0.2, -0.15) is 0 Å². The summed E-state index contributed by atoms with van der Waals surface area (Å²) in [5.41, 5.74) is 0. The SMILES string of the molecule is CCC(CC)C(O)CSc1ccc(Br)cc1. The third-order valence-corrected chi connectivity index (χ3v) is 4.47. The molecule has 1 nitrogen and oxygen atoms in total. The lowest BCUT2D eigenvalue weighted by molar-refractivity contribution is 0.125. The third kappa shape index (κ3) is 4.48. The fraction of sp³-hybridized carbons (Fsp3) is 0.538. The number of aliphatic hydroxyl groups is 1. The first kappa shape index (κ1) is 14.1. The van der Waals surface area contributed by atoms with Crippen molar-refractivity contribution in [1.82, 2.24) is 0 Å². The predicted octanol–water partition coefficient (Wildman–Crippen LogP) is 4.34. The van der Waals surface area contributed by atoms with Crippen molar-refractivity contribution in [2.45, 2.75) is 37.7 Å². The molecule has 3 heteroatoms. The second-order valence-electron chi connectivity index (χ2n) is 3.91. The summed E-state index contributed by atoms with van der Waals surface area (Å²) in [6.07, 6.45) is 1.92. The summed E-state index contributed by atoms with van der Waals surface area (Å²) in [5.74, 6) is 1.22. The number of thioether (sulfide) groups is 1. The van der Waals surface area contributed by atoms with Gasteiger partial charge in [-0.3, -0.25) is 0 Å². The van der Waals surface area contributed by atoms with E-state index in [-0.39, 0.29) is 6.10 Å². The van der Waals surface area contributed by atoms with Gasteiger partial charge in [0.05, 0.1) is 6.10 Å². The molecule has 0 aliphatic rings. The molecule has 1 N–H and O–H groups in total. The molecule has 0 heterocycles. The maximum absolute atomic E-state index is 9.99. The van der Waals surface area contributed by atoms with Gasteiger partial charge in [0.1, 0.15) is 0 Å². The molecule has 1 aromatic rings. The van der Waals surface area contributed by atoms with Crippen LogP contribution in [0, 0.1) is 5.92 Å². The maximum Gasteiger partial charge on any atom is 0.0662 e. The van der Waals surface area contributed by atoms with Crippen molar-refractivity contribution in [2.24, 2.45) is 5.92 Å². The van der Waals surface area contributed by atoms with Gasteiger partial charge in [0.25, 0.3) is 0 Å². The number of benzene rings is 1. The van der Waals surface area contributed by atoms with Crippen LogP contribution < -0.4 is 0 Å². The van der Waals surface area contributed by atoms with Crippen molar-refractivity contribution >= 4 is 27.7 Å². The lowest BCUT2D eigenvalue weighted by Gasteiger charge is -2.19. The van der Waals surface area contributed by atoms with Crippen LogP contribution in [0.3, 0.4) is 0 Å². The fourth-order valence-corrected chi connectivity index (χ4v) is 2.91. The van der Waals surface area contributed by atoms with Crippen molar-refractivity contribution in [3.63, 3.8) is 0 Å². The minimum atomic E-state index is -0.191. The van der Waals surface area contributed by atoms with Crippen molar-refractivity contribution in [2.75, 3.05) is 5.75 Å². The van der Waals surface area contributed by atoms with Crippen molar-refractivity contribution in [1.29, 1.82) is 0 Å². The van der Waals surface area contributed by atoms with Crippen molar-refractivity contribution in [3.8, 4) is 0 Å². The van der Waals surface area contributed by atoms with E-state index in [0.29, 0.717) is 5.92 Å². The minimum Gasteiger partial charge on any atom is -0.392 e. The van der Waals surface area contributed by atoms with Crippen LogP contribution in [0.25, 0.3) is 0 Å². The zero-order chi connectivity index (χ0) is 12.0. The van der Waals surface area contributed by atoms with Gasteiger partial charge in [-0.1, -0.05) is 42.6 Å². The Labute approximate surface area is 111 Å². The van der Waals surface area contributed by atoms with Gasteiger partial charge in [-0.05, 0) is 30.2 Å². The monoisotopic (exact) mass is 302 g/mol. The van der Waals surface area contributed by atoms with Gasteiger partial charge in [0, 0.05) is 15.1 Å². The number of rotatable bonds is 6. The Morgan fingerprint density at radius 3 is 2.25 bits per heavy atom. The van der Waals surface area contributed by atoms with Gasteiger partial charge in [0.15, 0.2) is 0 Å². The smallest absolute Gasteiger partial charge is 0.0662 e. The van der Waals surface area contributed by atoms with Crippen LogP contribution in [0.15, 0.2) is 33.6 Å². The molecule has 0 aliphatic heterocycles. The highest BCUT2D eigenvalue weighted by atomic mass is 79.9. The van der Waals surface area contributed by atoms with Gasteiger partial charge in [-0.25, -0.2) is 0 Å². The van der Waals surface area contributed by atoms with Crippen LogP contribution in [0.2, 0.25) is 0 Å². The van der Waals surface area contributed by atoms with Gasteiger partial charge in [0.2, 0.25) is 0 Å². The Kier molecular flexibility index (Phi) is 6.47. The summed E-state index contributed by atoms with van der Waals surface area (Å²) in [6, 6.07) is 8.22. The largest absolute Gasteiger partial charge is 0.392 e. The predicted molar refractivity (Wildman–Crippen MR) is 74.9 cm³/mol. The molecule has 90 valence electrons. The van der Waals surface area contributed by atoms with Crippen molar-refractivity contribution in [3.05, 3.63) is 28.7 Å². The van der Waals surface area contributed by atoms with E-state index >= 15 is 0 Å². The molecular formula is C13H19BrOS. The summed E-state index contributed by atoms with van der Waals surface area (Å²) in [5, 5.41) is 9.99. The number of hydrogen-bond acceptors (Lipinski definition) is 2. The average Bonchev–Trinajstić information content (AvgIpc) is 2.30. The van der Waals surface area contributed by atoms with Gasteiger partial charge < -0.3 is 5.11 Å². The molecule has 1 atom stereocenters. The molecule has 0 aliphatic carbocycles. The van der Waals surface area contributed by atoms with E-state index in [1.807, 2.05) is 12.1 Å². The van der Waals surface area contributed by atoms with Crippen LogP contribution in [0.5, 0.6) is 0 Å². The Bertz CT molecular complexity index is 295. The van der Waals surface area contributed by atoms with Gasteiger partial charge >= 0.3 is 0 Å². The summed E-state index contributed by atoms with van der Waals surface area (Å²) in [6.45, 7) is 4.28. The molecule has 0 amide bonds. The van der Waals surface area contributed by atoms with Crippen LogP contribution in [0.1, 0.15) is 26.7 Å².